The maximum atomic E-state index is 13.5. The van der Waals surface area contributed by atoms with Crippen molar-refractivity contribution in [1.82, 2.24) is 4.57 Å². The van der Waals surface area contributed by atoms with E-state index < -0.39 is 5.97 Å². The predicted molar refractivity (Wildman–Crippen MR) is 147 cm³/mol. The van der Waals surface area contributed by atoms with E-state index in [1.54, 1.807) is 6.92 Å². The Morgan fingerprint density at radius 1 is 0.711 bits per heavy atom. The lowest BCUT2D eigenvalue weighted by Crippen LogP contribution is -2.08. The van der Waals surface area contributed by atoms with Crippen molar-refractivity contribution in [1.29, 1.82) is 0 Å². The van der Waals surface area contributed by atoms with Crippen LogP contribution in [0.1, 0.15) is 42.3 Å². The van der Waals surface area contributed by atoms with E-state index >= 15 is 0 Å². The second kappa shape index (κ2) is 10.3. The third kappa shape index (κ3) is 4.91. The molecule has 0 bridgehead atoms. The highest BCUT2D eigenvalue weighted by Crippen LogP contribution is 2.32. The number of fused-ring (bicyclic) bond motifs is 4. The maximum absolute atomic E-state index is 13.5. The highest BCUT2D eigenvalue weighted by molar-refractivity contribution is 6.16. The van der Waals surface area contributed by atoms with Gasteiger partial charge in [-0.25, -0.2) is 4.79 Å². The summed E-state index contributed by atoms with van der Waals surface area (Å²) in [4.78, 5) is 40.9. The summed E-state index contributed by atoms with van der Waals surface area (Å²) >= 11 is 0. The molecule has 0 aliphatic heterocycles. The molecule has 4 aromatic carbocycles. The second-order valence-electron chi connectivity index (χ2n) is 9.11. The van der Waals surface area contributed by atoms with Gasteiger partial charge in [-0.15, -0.1) is 0 Å². The molecule has 7 nitrogen and oxygen atoms in total. The minimum atomic E-state index is -0.496. The molecule has 0 spiro atoms. The topological polar surface area (TPSA) is 87.0 Å². The lowest BCUT2D eigenvalue weighted by molar-refractivity contribution is -0.142. The number of ketones is 1. The lowest BCUT2D eigenvalue weighted by Gasteiger charge is -2.08. The number of rotatable bonds is 7. The van der Waals surface area contributed by atoms with Crippen molar-refractivity contribution in [2.75, 3.05) is 6.61 Å². The molecule has 0 saturated carbocycles. The molecule has 7 heteroatoms. The van der Waals surface area contributed by atoms with E-state index in [0.29, 0.717) is 23.4 Å². The van der Waals surface area contributed by atoms with Gasteiger partial charge >= 0.3 is 11.9 Å². The molecule has 0 fully saturated rings. The molecule has 0 aliphatic rings. The van der Waals surface area contributed by atoms with Crippen LogP contribution in [0.25, 0.3) is 32.6 Å². The van der Waals surface area contributed by atoms with Crippen LogP contribution >= 0.6 is 0 Å². The summed E-state index contributed by atoms with van der Waals surface area (Å²) in [7, 11) is 0. The number of benzene rings is 4. The van der Waals surface area contributed by atoms with Crippen molar-refractivity contribution >= 4 is 56.0 Å². The molecule has 5 aromatic rings. The zero-order valence-corrected chi connectivity index (χ0v) is 21.4. The van der Waals surface area contributed by atoms with E-state index in [1.807, 2.05) is 78.9 Å². The van der Waals surface area contributed by atoms with Crippen molar-refractivity contribution < 1.29 is 24.0 Å². The zero-order valence-electron chi connectivity index (χ0n) is 21.4. The fourth-order valence-electron chi connectivity index (χ4n) is 4.67. The van der Waals surface area contributed by atoms with Crippen molar-refractivity contribution in [3.05, 3.63) is 95.6 Å². The molecule has 0 N–H and O–H groups in total. The van der Waals surface area contributed by atoms with Gasteiger partial charge in [0.2, 0.25) is 0 Å². The Bertz CT molecular complexity index is 1760. The predicted octanol–water partition coefficient (Wildman–Crippen LogP) is 6.03. The Kier molecular flexibility index (Phi) is 6.75. The van der Waals surface area contributed by atoms with Gasteiger partial charge in [0.15, 0.2) is 5.78 Å². The van der Waals surface area contributed by atoms with Crippen molar-refractivity contribution in [3.63, 3.8) is 0 Å². The summed E-state index contributed by atoms with van der Waals surface area (Å²) in [6, 6.07) is 25.1. The summed E-state index contributed by atoms with van der Waals surface area (Å²) in [6.07, 6.45) is 0. The summed E-state index contributed by atoms with van der Waals surface area (Å²) in [5, 5.41) is 7.80. The molecule has 0 aliphatic carbocycles. The molecule has 0 amide bonds. The van der Waals surface area contributed by atoms with Gasteiger partial charge in [0, 0.05) is 46.8 Å². The average Bonchev–Trinajstić information content (AvgIpc) is 3.23. The highest BCUT2D eigenvalue weighted by atomic mass is 16.7. The van der Waals surface area contributed by atoms with Gasteiger partial charge < -0.3 is 14.1 Å². The fourth-order valence-corrected chi connectivity index (χ4v) is 4.67. The highest BCUT2D eigenvalue weighted by Gasteiger charge is 2.16. The number of ether oxygens (including phenoxy) is 1. The first-order chi connectivity index (χ1) is 18.3. The number of carbonyl (C=O) groups excluding carboxylic acids is 3. The SMILES string of the molecule is CC(=O)OCCn1c2ccc(C(=O)c3ccc4ccccc4c3)cc2c2cc(/C(C)=N/OC(C)=O)ccc21. The molecule has 0 radical (unpaired) electrons. The van der Waals surface area contributed by atoms with Gasteiger partial charge in [0.05, 0.1) is 12.3 Å². The average molecular weight is 507 g/mol. The Hall–Kier alpha value is -4.78. The van der Waals surface area contributed by atoms with E-state index in [1.165, 1.54) is 13.8 Å². The van der Waals surface area contributed by atoms with Crippen LogP contribution in [0, 0.1) is 0 Å². The van der Waals surface area contributed by atoms with Gasteiger partial charge in [-0.3, -0.25) is 9.59 Å². The van der Waals surface area contributed by atoms with Gasteiger partial charge in [-0.2, -0.15) is 0 Å². The first kappa shape index (κ1) is 24.9. The molecule has 1 heterocycles. The molecular weight excluding hydrogens is 480 g/mol. The Morgan fingerprint density at radius 2 is 1.32 bits per heavy atom. The standard InChI is InChI=1S/C31H26N2O5/c1-19(32-38-21(3)35)23-10-12-29-27(17-23)28-18-26(11-13-30(28)33(29)14-15-37-20(2)34)31(36)25-9-8-22-6-4-5-7-24(22)16-25/h4-13,16-18H,14-15H2,1-3H3/b32-19+. The monoisotopic (exact) mass is 506 g/mol. The number of carbonyl (C=O) groups is 3. The fraction of sp³-hybridized carbons (Fsp3) is 0.161. The normalized spacial score (nSPS) is 11.7. The number of nitrogens with zero attached hydrogens (tertiary/aromatic N) is 2. The number of hydrogen-bond acceptors (Lipinski definition) is 6. The third-order valence-corrected chi connectivity index (χ3v) is 6.49. The quantitative estimate of drug-likeness (QED) is 0.0885. The first-order valence-corrected chi connectivity index (χ1v) is 12.3. The number of oxime groups is 1. The van der Waals surface area contributed by atoms with E-state index in [-0.39, 0.29) is 18.4 Å². The van der Waals surface area contributed by atoms with Gasteiger partial charge in [-0.05, 0) is 59.7 Å². The van der Waals surface area contributed by atoms with Crippen LogP contribution in [-0.2, 0) is 25.7 Å². The second-order valence-corrected chi connectivity index (χ2v) is 9.11. The minimum absolute atomic E-state index is 0.0674. The molecule has 38 heavy (non-hydrogen) atoms. The molecule has 1 aromatic heterocycles. The largest absolute Gasteiger partial charge is 0.464 e. The van der Waals surface area contributed by atoms with Gasteiger partial charge in [0.25, 0.3) is 0 Å². The van der Waals surface area contributed by atoms with E-state index in [9.17, 15) is 14.4 Å². The Morgan fingerprint density at radius 3 is 2.00 bits per heavy atom. The molecule has 0 unspecified atom stereocenters. The first-order valence-electron chi connectivity index (χ1n) is 12.3. The molecule has 5 rings (SSSR count). The van der Waals surface area contributed by atoms with Crippen LogP contribution in [0.4, 0.5) is 0 Å². The summed E-state index contributed by atoms with van der Waals surface area (Å²) in [5.41, 5.74) is 4.35. The summed E-state index contributed by atoms with van der Waals surface area (Å²) in [5.74, 6) is -0.903. The summed E-state index contributed by atoms with van der Waals surface area (Å²) in [6.45, 7) is 5.12. The van der Waals surface area contributed by atoms with Crippen molar-refractivity contribution in [2.24, 2.45) is 5.16 Å². The Labute approximate surface area is 219 Å². The van der Waals surface area contributed by atoms with Crippen LogP contribution in [0.15, 0.2) is 84.0 Å². The summed E-state index contributed by atoms with van der Waals surface area (Å²) < 4.78 is 7.27. The van der Waals surface area contributed by atoms with E-state index in [2.05, 4.69) is 9.72 Å². The van der Waals surface area contributed by atoms with Gasteiger partial charge in [-0.1, -0.05) is 47.6 Å². The number of hydrogen-bond donors (Lipinski definition) is 0. The third-order valence-electron chi connectivity index (χ3n) is 6.49. The van der Waals surface area contributed by atoms with Crippen LogP contribution in [-0.4, -0.2) is 34.6 Å². The Balaban J connectivity index is 1.62. The van der Waals surface area contributed by atoms with Gasteiger partial charge in [0.1, 0.15) is 6.61 Å². The van der Waals surface area contributed by atoms with Crippen molar-refractivity contribution in [2.45, 2.75) is 27.3 Å². The van der Waals surface area contributed by atoms with Crippen LogP contribution < -0.4 is 0 Å². The lowest BCUT2D eigenvalue weighted by atomic mass is 9.98. The van der Waals surface area contributed by atoms with Crippen LogP contribution in [0.2, 0.25) is 0 Å². The number of esters is 1. The number of aromatic nitrogens is 1. The molecule has 190 valence electrons. The van der Waals surface area contributed by atoms with Crippen molar-refractivity contribution in [3.8, 4) is 0 Å². The minimum Gasteiger partial charge on any atom is -0.464 e. The van der Waals surface area contributed by atoms with Crippen LogP contribution in [0.3, 0.4) is 0 Å². The molecule has 0 saturated heterocycles. The molecule has 0 atom stereocenters. The van der Waals surface area contributed by atoms with Crippen LogP contribution in [0.5, 0.6) is 0 Å². The zero-order chi connectivity index (χ0) is 26.8. The van der Waals surface area contributed by atoms with E-state index in [0.717, 1.165) is 38.1 Å². The smallest absolute Gasteiger partial charge is 0.331 e. The maximum Gasteiger partial charge on any atom is 0.331 e. The van der Waals surface area contributed by atoms with E-state index in [4.69, 9.17) is 9.57 Å². The molecular formula is C31H26N2O5.